The van der Waals surface area contributed by atoms with Crippen LogP contribution in [0.25, 0.3) is 5.69 Å². The molecule has 1 fully saturated rings. The summed E-state index contributed by atoms with van der Waals surface area (Å²) in [6, 6.07) is 6.30. The van der Waals surface area contributed by atoms with Crippen LogP contribution in [-0.4, -0.2) is 9.36 Å². The van der Waals surface area contributed by atoms with Crippen LogP contribution in [0.15, 0.2) is 41.2 Å². The highest BCUT2D eigenvalue weighted by Gasteiger charge is 2.62. The third-order valence-corrected chi connectivity index (χ3v) is 7.75. The molecule has 0 radical (unpaired) electrons. The van der Waals surface area contributed by atoms with Crippen LogP contribution >= 0.6 is 0 Å². The maximum absolute atomic E-state index is 14.8. The van der Waals surface area contributed by atoms with Crippen LogP contribution in [0.5, 0.6) is 0 Å². The van der Waals surface area contributed by atoms with Gasteiger partial charge in [-0.1, -0.05) is 26.8 Å². The Morgan fingerprint density at radius 1 is 0.968 bits per heavy atom. The predicted octanol–water partition coefficient (Wildman–Crippen LogP) is 5.42. The van der Waals surface area contributed by atoms with Gasteiger partial charge in [-0.15, -0.1) is 0 Å². The fraction of sp³-hybridized carbons (Fsp3) is 0.375. The zero-order chi connectivity index (χ0) is 22.3. The molecular weight excluding hydrogens is 408 g/mol. The van der Waals surface area contributed by atoms with Gasteiger partial charge in [-0.05, 0) is 42.4 Å². The number of fused-ring (bicyclic) bond motifs is 5. The van der Waals surface area contributed by atoms with Gasteiger partial charge in [-0.25, -0.2) is 22.2 Å². The van der Waals surface area contributed by atoms with Crippen molar-refractivity contribution in [2.24, 2.45) is 5.41 Å². The van der Waals surface area contributed by atoms with E-state index in [-0.39, 0.29) is 40.1 Å². The van der Waals surface area contributed by atoms with Crippen molar-refractivity contribution in [2.75, 3.05) is 0 Å². The summed E-state index contributed by atoms with van der Waals surface area (Å²) in [5.41, 5.74) is 0.523. The predicted molar refractivity (Wildman–Crippen MR) is 109 cm³/mol. The molecule has 1 saturated carbocycles. The number of hydrogen-bond acceptors (Lipinski definition) is 1. The number of halogens is 4. The molecule has 2 aliphatic rings. The van der Waals surface area contributed by atoms with E-state index in [2.05, 4.69) is 20.8 Å². The Kier molecular flexibility index (Phi) is 4.11. The normalized spacial score (nSPS) is 23.4. The van der Waals surface area contributed by atoms with Crippen LogP contribution in [0.1, 0.15) is 56.4 Å². The van der Waals surface area contributed by atoms with Gasteiger partial charge >= 0.3 is 0 Å². The molecule has 0 saturated heterocycles. The number of hydrogen-bond donors (Lipinski definition) is 0. The molecule has 31 heavy (non-hydrogen) atoms. The largest absolute Gasteiger partial charge is 0.276 e. The molecule has 2 aliphatic carbocycles. The van der Waals surface area contributed by atoms with Crippen LogP contribution in [0, 0.1) is 28.7 Å². The lowest BCUT2D eigenvalue weighted by molar-refractivity contribution is 0.216. The average Bonchev–Trinajstić information content (AvgIpc) is 3.16. The van der Waals surface area contributed by atoms with E-state index in [1.807, 2.05) is 0 Å². The first-order valence-electron chi connectivity index (χ1n) is 10.3. The number of benzene rings is 2. The van der Waals surface area contributed by atoms with E-state index in [9.17, 15) is 22.4 Å². The first-order chi connectivity index (χ1) is 14.6. The van der Waals surface area contributed by atoms with E-state index >= 15 is 0 Å². The lowest BCUT2D eigenvalue weighted by Crippen LogP contribution is -2.36. The van der Waals surface area contributed by atoms with Gasteiger partial charge in [0.1, 0.15) is 23.1 Å². The van der Waals surface area contributed by atoms with Crippen LogP contribution in [0.4, 0.5) is 17.6 Å². The summed E-state index contributed by atoms with van der Waals surface area (Å²) in [6.45, 7) is 6.25. The third-order valence-electron chi connectivity index (χ3n) is 7.75. The van der Waals surface area contributed by atoms with Crippen molar-refractivity contribution in [1.29, 1.82) is 0 Å². The Morgan fingerprint density at radius 2 is 1.61 bits per heavy atom. The van der Waals surface area contributed by atoms with Crippen molar-refractivity contribution in [3.05, 3.63) is 86.8 Å². The molecule has 3 aromatic rings. The van der Waals surface area contributed by atoms with Gasteiger partial charge in [0.2, 0.25) is 0 Å². The topological polar surface area (TPSA) is 26.9 Å². The van der Waals surface area contributed by atoms with E-state index in [0.29, 0.717) is 5.56 Å². The maximum Gasteiger partial charge on any atom is 0.275 e. The van der Waals surface area contributed by atoms with E-state index in [4.69, 9.17) is 0 Å². The molecule has 1 aromatic heterocycles. The highest BCUT2D eigenvalue weighted by atomic mass is 19.1. The third kappa shape index (κ3) is 2.55. The van der Waals surface area contributed by atoms with Gasteiger partial charge in [-0.3, -0.25) is 9.48 Å². The van der Waals surface area contributed by atoms with E-state index < -0.39 is 23.3 Å². The van der Waals surface area contributed by atoms with Gasteiger partial charge < -0.3 is 0 Å². The quantitative estimate of drug-likeness (QED) is 0.510. The van der Waals surface area contributed by atoms with Crippen molar-refractivity contribution in [1.82, 2.24) is 9.36 Å². The molecule has 0 aliphatic heterocycles. The van der Waals surface area contributed by atoms with E-state index in [0.717, 1.165) is 42.8 Å². The molecular formula is C24H22F4N2O. The summed E-state index contributed by atoms with van der Waals surface area (Å²) in [5, 5.41) is 0. The number of rotatable bonds is 3. The molecule has 2 atom stereocenters. The number of aromatic nitrogens is 2. The van der Waals surface area contributed by atoms with Gasteiger partial charge in [0.15, 0.2) is 5.82 Å². The molecule has 1 heterocycles. The zero-order valence-corrected chi connectivity index (χ0v) is 17.5. The summed E-state index contributed by atoms with van der Waals surface area (Å²) >= 11 is 0. The van der Waals surface area contributed by atoms with Gasteiger partial charge in [-0.2, -0.15) is 0 Å². The Balaban J connectivity index is 1.81. The lowest BCUT2D eigenvalue weighted by Gasteiger charge is -2.36. The second-order valence-electron chi connectivity index (χ2n) is 9.41. The monoisotopic (exact) mass is 430 g/mol. The van der Waals surface area contributed by atoms with Crippen molar-refractivity contribution >= 4 is 0 Å². The summed E-state index contributed by atoms with van der Waals surface area (Å²) in [6.07, 6.45) is 1.69. The SMILES string of the molecule is CC12CCC(c3c1n(Cc1ccc(F)cc1F)n(-c1ccc(F)cc1F)c3=O)C2(C)C. The van der Waals surface area contributed by atoms with Crippen LogP contribution in [-0.2, 0) is 12.0 Å². The minimum atomic E-state index is -0.879. The van der Waals surface area contributed by atoms with Gasteiger partial charge in [0.05, 0.1) is 12.2 Å². The minimum absolute atomic E-state index is 0.00549. The van der Waals surface area contributed by atoms with Crippen molar-refractivity contribution in [3.8, 4) is 5.69 Å². The van der Waals surface area contributed by atoms with Crippen LogP contribution < -0.4 is 5.56 Å². The fourth-order valence-corrected chi connectivity index (χ4v) is 5.74. The second-order valence-corrected chi connectivity index (χ2v) is 9.41. The Bertz CT molecular complexity index is 1290. The fourth-order valence-electron chi connectivity index (χ4n) is 5.74. The minimum Gasteiger partial charge on any atom is -0.276 e. The van der Waals surface area contributed by atoms with Crippen molar-refractivity contribution in [3.63, 3.8) is 0 Å². The molecule has 0 amide bonds. The summed E-state index contributed by atoms with van der Waals surface area (Å²) in [7, 11) is 0. The smallest absolute Gasteiger partial charge is 0.275 e. The molecule has 2 bridgehead atoms. The van der Waals surface area contributed by atoms with Crippen molar-refractivity contribution in [2.45, 2.75) is 51.5 Å². The average molecular weight is 430 g/mol. The molecule has 162 valence electrons. The molecule has 0 spiro atoms. The summed E-state index contributed by atoms with van der Waals surface area (Å²) < 4.78 is 59.1. The van der Waals surface area contributed by atoms with Crippen LogP contribution in [0.3, 0.4) is 0 Å². The molecule has 2 aromatic carbocycles. The van der Waals surface area contributed by atoms with E-state index in [1.165, 1.54) is 16.8 Å². The van der Waals surface area contributed by atoms with Gasteiger partial charge in [0.25, 0.3) is 5.56 Å². The van der Waals surface area contributed by atoms with Crippen molar-refractivity contribution < 1.29 is 17.6 Å². The second kappa shape index (κ2) is 6.34. The molecule has 3 nitrogen and oxygen atoms in total. The first-order valence-corrected chi connectivity index (χ1v) is 10.3. The molecule has 2 unspecified atom stereocenters. The Labute approximate surface area is 176 Å². The van der Waals surface area contributed by atoms with Gasteiger partial charge in [0, 0.05) is 28.7 Å². The van der Waals surface area contributed by atoms with E-state index in [1.54, 1.807) is 4.68 Å². The first kappa shape index (κ1) is 20.1. The molecule has 7 heteroatoms. The summed E-state index contributed by atoms with van der Waals surface area (Å²) in [5.74, 6) is -3.08. The summed E-state index contributed by atoms with van der Waals surface area (Å²) in [4.78, 5) is 13.6. The standard InChI is InChI=1S/C24H22F4N2O/c1-23(2)16-8-9-24(23,3)21-20(16)22(31)30(19-7-6-15(26)11-18(19)28)29(21)12-13-4-5-14(25)10-17(13)27/h4-7,10-11,16H,8-9,12H2,1-3H3. The highest BCUT2D eigenvalue weighted by molar-refractivity contribution is 5.48. The maximum atomic E-state index is 14.8. The Hall–Kier alpha value is -2.83. The molecule has 0 N–H and O–H groups in total. The zero-order valence-electron chi connectivity index (χ0n) is 17.5. The highest BCUT2D eigenvalue weighted by Crippen LogP contribution is 2.67. The lowest BCUT2D eigenvalue weighted by atomic mass is 9.70. The number of nitrogens with zero attached hydrogens (tertiary/aromatic N) is 2. The Morgan fingerprint density at radius 3 is 2.26 bits per heavy atom. The van der Waals surface area contributed by atoms with Crippen LogP contribution in [0.2, 0.25) is 0 Å². The molecule has 5 rings (SSSR count).